The molecule has 0 saturated carbocycles. The molecule has 1 aliphatic rings. The monoisotopic (exact) mass is 304 g/mol. The molecule has 1 aliphatic heterocycles. The molecule has 0 spiro atoms. The zero-order chi connectivity index (χ0) is 11.8. The molecular formula is C11H18Cl2N6. The van der Waals surface area contributed by atoms with E-state index in [1.807, 2.05) is 20.2 Å². The van der Waals surface area contributed by atoms with E-state index in [1.54, 1.807) is 4.68 Å². The van der Waals surface area contributed by atoms with Gasteiger partial charge in [-0.25, -0.2) is 9.97 Å². The summed E-state index contributed by atoms with van der Waals surface area (Å²) in [6.07, 6.45) is 1.85. The van der Waals surface area contributed by atoms with Gasteiger partial charge < -0.3 is 10.2 Å². The first-order chi connectivity index (χ1) is 8.25. The molecule has 0 atom stereocenters. The molecule has 19 heavy (non-hydrogen) atoms. The maximum absolute atomic E-state index is 4.57. The molecule has 0 aromatic carbocycles. The van der Waals surface area contributed by atoms with Crippen molar-refractivity contribution in [3.05, 3.63) is 12.0 Å². The largest absolute Gasteiger partial charge is 0.353 e. The highest BCUT2D eigenvalue weighted by atomic mass is 35.5. The molecular weight excluding hydrogens is 287 g/mol. The van der Waals surface area contributed by atoms with Crippen molar-refractivity contribution in [2.45, 2.75) is 6.92 Å². The third kappa shape index (κ3) is 2.91. The van der Waals surface area contributed by atoms with Gasteiger partial charge in [-0.2, -0.15) is 5.10 Å². The minimum absolute atomic E-state index is 0. The van der Waals surface area contributed by atoms with E-state index in [1.165, 1.54) is 0 Å². The Kier molecular flexibility index (Phi) is 5.34. The fourth-order valence-electron chi connectivity index (χ4n) is 2.23. The van der Waals surface area contributed by atoms with Crippen LogP contribution in [0.25, 0.3) is 11.0 Å². The number of hydrogen-bond donors (Lipinski definition) is 1. The number of aromatic nitrogens is 4. The Balaban J connectivity index is 0.000000902. The summed E-state index contributed by atoms with van der Waals surface area (Å²) in [5, 5.41) is 8.65. The van der Waals surface area contributed by atoms with Gasteiger partial charge in [-0.05, 0) is 6.92 Å². The molecule has 3 rings (SSSR count). The molecule has 0 amide bonds. The topological polar surface area (TPSA) is 58.9 Å². The van der Waals surface area contributed by atoms with Gasteiger partial charge in [-0.3, -0.25) is 4.68 Å². The minimum atomic E-state index is 0. The van der Waals surface area contributed by atoms with Gasteiger partial charge in [0.15, 0.2) is 5.65 Å². The predicted molar refractivity (Wildman–Crippen MR) is 80.6 cm³/mol. The first kappa shape index (κ1) is 15.9. The number of nitrogens with zero attached hydrogens (tertiary/aromatic N) is 5. The average molecular weight is 305 g/mol. The van der Waals surface area contributed by atoms with Crippen molar-refractivity contribution >= 4 is 41.7 Å². The number of rotatable bonds is 1. The van der Waals surface area contributed by atoms with Crippen molar-refractivity contribution in [3.8, 4) is 0 Å². The van der Waals surface area contributed by atoms with Gasteiger partial charge in [0.25, 0.3) is 0 Å². The predicted octanol–water partition coefficient (Wildman–Crippen LogP) is 0.925. The van der Waals surface area contributed by atoms with E-state index in [0.717, 1.165) is 48.9 Å². The maximum atomic E-state index is 4.57. The Morgan fingerprint density at radius 2 is 1.84 bits per heavy atom. The molecule has 0 radical (unpaired) electrons. The lowest BCUT2D eigenvalue weighted by Gasteiger charge is -2.28. The van der Waals surface area contributed by atoms with E-state index in [2.05, 4.69) is 25.3 Å². The van der Waals surface area contributed by atoms with Crippen molar-refractivity contribution < 1.29 is 0 Å². The van der Waals surface area contributed by atoms with Gasteiger partial charge in [-0.15, -0.1) is 24.8 Å². The molecule has 0 bridgehead atoms. The molecule has 6 nitrogen and oxygen atoms in total. The van der Waals surface area contributed by atoms with Crippen LogP contribution >= 0.6 is 24.8 Å². The van der Waals surface area contributed by atoms with Gasteiger partial charge in [0.2, 0.25) is 0 Å². The highest BCUT2D eigenvalue weighted by Gasteiger charge is 2.17. The first-order valence-electron chi connectivity index (χ1n) is 5.88. The van der Waals surface area contributed by atoms with Crippen LogP contribution < -0.4 is 10.2 Å². The molecule has 1 fully saturated rings. The summed E-state index contributed by atoms with van der Waals surface area (Å²) in [7, 11) is 1.91. The highest BCUT2D eigenvalue weighted by molar-refractivity contribution is 5.87. The van der Waals surface area contributed by atoms with Crippen LogP contribution in [0.1, 0.15) is 5.82 Å². The van der Waals surface area contributed by atoms with Crippen molar-refractivity contribution in [3.63, 3.8) is 0 Å². The Bertz CT molecular complexity index is 549. The second-order valence-corrected chi connectivity index (χ2v) is 4.34. The third-order valence-electron chi connectivity index (χ3n) is 3.10. The number of halogens is 2. The number of piperazine rings is 1. The van der Waals surface area contributed by atoms with Crippen LogP contribution in [0.5, 0.6) is 0 Å². The summed E-state index contributed by atoms with van der Waals surface area (Å²) in [5.74, 6) is 1.82. The Morgan fingerprint density at radius 1 is 1.16 bits per heavy atom. The summed E-state index contributed by atoms with van der Waals surface area (Å²) in [6, 6.07) is 0. The number of aryl methyl sites for hydroxylation is 2. The lowest BCUT2D eigenvalue weighted by Crippen LogP contribution is -2.44. The minimum Gasteiger partial charge on any atom is -0.353 e. The van der Waals surface area contributed by atoms with Crippen LogP contribution in [0.2, 0.25) is 0 Å². The van der Waals surface area contributed by atoms with Gasteiger partial charge >= 0.3 is 0 Å². The molecule has 2 aromatic heterocycles. The summed E-state index contributed by atoms with van der Waals surface area (Å²) in [4.78, 5) is 11.3. The van der Waals surface area contributed by atoms with Crippen LogP contribution in [0.3, 0.4) is 0 Å². The second kappa shape index (κ2) is 6.36. The lowest BCUT2D eigenvalue weighted by molar-refractivity contribution is 0.585. The Labute approximate surface area is 124 Å². The SMILES string of the molecule is Cc1nc(N2CCNCC2)c2cnn(C)c2n1.Cl.Cl. The maximum Gasteiger partial charge on any atom is 0.163 e. The summed E-state index contributed by atoms with van der Waals surface area (Å²) in [6.45, 7) is 5.91. The van der Waals surface area contributed by atoms with Crippen molar-refractivity contribution in [2.24, 2.45) is 7.05 Å². The molecule has 1 saturated heterocycles. The molecule has 0 aliphatic carbocycles. The van der Waals surface area contributed by atoms with Gasteiger partial charge in [0, 0.05) is 33.2 Å². The van der Waals surface area contributed by atoms with Crippen LogP contribution in [0, 0.1) is 6.92 Å². The van der Waals surface area contributed by atoms with Gasteiger partial charge in [0.05, 0.1) is 11.6 Å². The highest BCUT2D eigenvalue weighted by Crippen LogP contribution is 2.23. The Morgan fingerprint density at radius 3 is 2.53 bits per heavy atom. The molecule has 1 N–H and O–H groups in total. The fourth-order valence-corrected chi connectivity index (χ4v) is 2.23. The van der Waals surface area contributed by atoms with Crippen molar-refractivity contribution in [1.29, 1.82) is 0 Å². The third-order valence-corrected chi connectivity index (χ3v) is 3.10. The number of hydrogen-bond acceptors (Lipinski definition) is 5. The van der Waals surface area contributed by atoms with Crippen LogP contribution in [-0.4, -0.2) is 45.9 Å². The zero-order valence-corrected chi connectivity index (χ0v) is 12.6. The lowest BCUT2D eigenvalue weighted by atomic mass is 10.3. The van der Waals surface area contributed by atoms with Crippen LogP contribution in [0.4, 0.5) is 5.82 Å². The molecule has 0 unspecified atom stereocenters. The summed E-state index contributed by atoms with van der Waals surface area (Å²) in [5.41, 5.74) is 0.908. The van der Waals surface area contributed by atoms with Crippen LogP contribution in [-0.2, 0) is 7.05 Å². The second-order valence-electron chi connectivity index (χ2n) is 4.34. The van der Waals surface area contributed by atoms with Gasteiger partial charge in [-0.1, -0.05) is 0 Å². The van der Waals surface area contributed by atoms with E-state index in [4.69, 9.17) is 0 Å². The Hall–Kier alpha value is -1.11. The number of anilines is 1. The fraction of sp³-hybridized carbons (Fsp3) is 0.545. The molecule has 3 heterocycles. The smallest absolute Gasteiger partial charge is 0.163 e. The van der Waals surface area contributed by atoms with Crippen molar-refractivity contribution in [2.75, 3.05) is 31.1 Å². The van der Waals surface area contributed by atoms with E-state index in [0.29, 0.717) is 0 Å². The number of nitrogens with one attached hydrogen (secondary N) is 1. The van der Waals surface area contributed by atoms with E-state index >= 15 is 0 Å². The van der Waals surface area contributed by atoms with E-state index < -0.39 is 0 Å². The van der Waals surface area contributed by atoms with E-state index in [-0.39, 0.29) is 24.8 Å². The summed E-state index contributed by atoms with van der Waals surface area (Å²) >= 11 is 0. The van der Waals surface area contributed by atoms with Gasteiger partial charge in [0.1, 0.15) is 11.6 Å². The number of fused-ring (bicyclic) bond motifs is 1. The normalized spacial score (nSPS) is 14.9. The molecule has 106 valence electrons. The first-order valence-corrected chi connectivity index (χ1v) is 5.88. The van der Waals surface area contributed by atoms with E-state index in [9.17, 15) is 0 Å². The van der Waals surface area contributed by atoms with Crippen molar-refractivity contribution in [1.82, 2.24) is 25.1 Å². The average Bonchev–Trinajstić information content (AvgIpc) is 2.72. The quantitative estimate of drug-likeness (QED) is 0.849. The standard InChI is InChI=1S/C11H16N6.2ClH/c1-8-14-10-9(7-13-16(10)2)11(15-8)17-5-3-12-4-6-17;;/h7,12H,3-6H2,1-2H3;2*1H. The summed E-state index contributed by atoms with van der Waals surface area (Å²) < 4.78 is 1.80. The zero-order valence-electron chi connectivity index (χ0n) is 11.0. The molecule has 8 heteroatoms. The molecule has 2 aromatic rings. The van der Waals surface area contributed by atoms with Crippen LogP contribution in [0.15, 0.2) is 6.20 Å².